The second-order valence-electron chi connectivity index (χ2n) is 5.40. The first-order valence-corrected chi connectivity index (χ1v) is 6.74. The van der Waals surface area contributed by atoms with E-state index in [0.29, 0.717) is 44.3 Å². The molecule has 0 spiro atoms. The Balaban J connectivity index is 2.64. The minimum absolute atomic E-state index is 0.198. The largest absolute Gasteiger partial charge is 0.334 e. The lowest BCUT2D eigenvalue weighted by molar-refractivity contribution is -0.155. The smallest absolute Gasteiger partial charge is 0.318 e. The molecular weight excluding hydrogens is 246 g/mol. The Morgan fingerprint density at radius 2 is 1.89 bits per heavy atom. The third-order valence-electron chi connectivity index (χ3n) is 3.33. The first kappa shape index (κ1) is 15.6. The van der Waals surface area contributed by atoms with Crippen molar-refractivity contribution in [3.63, 3.8) is 0 Å². The van der Waals surface area contributed by atoms with Crippen molar-refractivity contribution < 1.29 is 14.4 Å². The van der Waals surface area contributed by atoms with Crippen molar-refractivity contribution in [2.24, 2.45) is 17.6 Å². The highest BCUT2D eigenvalue weighted by Gasteiger charge is 2.31. The van der Waals surface area contributed by atoms with E-state index in [9.17, 15) is 14.4 Å². The number of carbonyl (C=O) groups is 3. The third-order valence-corrected chi connectivity index (χ3v) is 3.33. The van der Waals surface area contributed by atoms with Gasteiger partial charge in [-0.25, -0.2) is 0 Å². The van der Waals surface area contributed by atoms with Crippen LogP contribution in [0, 0.1) is 11.8 Å². The van der Waals surface area contributed by atoms with Crippen LogP contribution in [0.25, 0.3) is 0 Å². The highest BCUT2D eigenvalue weighted by molar-refractivity contribution is 6.36. The van der Waals surface area contributed by atoms with Gasteiger partial charge in [0.05, 0.1) is 0 Å². The lowest BCUT2D eigenvalue weighted by atomic mass is 9.92. The predicted molar refractivity (Wildman–Crippen MR) is 71.0 cm³/mol. The Hall–Kier alpha value is -1.43. The highest BCUT2D eigenvalue weighted by atomic mass is 16.2. The average molecular weight is 269 g/mol. The summed E-state index contributed by atoms with van der Waals surface area (Å²) in [5.74, 6) is -0.560. The van der Waals surface area contributed by atoms with Crippen LogP contribution in [0.1, 0.15) is 26.7 Å². The molecule has 0 radical (unpaired) electrons. The second kappa shape index (κ2) is 7.23. The van der Waals surface area contributed by atoms with Crippen LogP contribution in [0.3, 0.4) is 0 Å². The number of imide groups is 1. The van der Waals surface area contributed by atoms with E-state index in [1.54, 1.807) is 4.90 Å². The van der Waals surface area contributed by atoms with Gasteiger partial charge in [-0.15, -0.1) is 0 Å². The lowest BCUT2D eigenvalue weighted by Gasteiger charge is -2.35. The first-order valence-electron chi connectivity index (χ1n) is 6.74. The zero-order valence-corrected chi connectivity index (χ0v) is 11.7. The Morgan fingerprint density at radius 1 is 1.32 bits per heavy atom. The Labute approximate surface area is 113 Å². The summed E-state index contributed by atoms with van der Waals surface area (Å²) < 4.78 is 0. The Bertz CT molecular complexity index is 336. The van der Waals surface area contributed by atoms with Crippen LogP contribution < -0.4 is 5.73 Å². The van der Waals surface area contributed by atoms with Crippen LogP contribution in [0.2, 0.25) is 0 Å². The van der Waals surface area contributed by atoms with E-state index < -0.39 is 11.8 Å². The molecule has 0 aromatic heterocycles. The number of hydrogen-bond donors (Lipinski definition) is 1. The normalized spacial score (nSPS) is 23.0. The molecule has 0 aliphatic carbocycles. The van der Waals surface area contributed by atoms with Gasteiger partial charge >= 0.3 is 11.8 Å². The van der Waals surface area contributed by atoms with Crippen LogP contribution in [0.5, 0.6) is 0 Å². The fourth-order valence-corrected chi connectivity index (χ4v) is 2.55. The summed E-state index contributed by atoms with van der Waals surface area (Å²) in [5, 5.41) is 0. The number of rotatable bonds is 4. The van der Waals surface area contributed by atoms with Gasteiger partial charge in [0.2, 0.25) is 6.41 Å². The zero-order valence-electron chi connectivity index (χ0n) is 11.7. The number of nitrogens with zero attached hydrogens (tertiary/aromatic N) is 2. The molecule has 0 aromatic rings. The fourth-order valence-electron chi connectivity index (χ4n) is 2.55. The molecule has 6 heteroatoms. The maximum atomic E-state index is 12.1. The topological polar surface area (TPSA) is 83.7 Å². The third kappa shape index (κ3) is 4.31. The molecule has 1 heterocycles. The summed E-state index contributed by atoms with van der Waals surface area (Å²) in [6.45, 7) is 5.86. The molecule has 1 aliphatic rings. The van der Waals surface area contributed by atoms with Gasteiger partial charge in [0.1, 0.15) is 0 Å². The molecule has 2 atom stereocenters. The van der Waals surface area contributed by atoms with Crippen molar-refractivity contribution >= 4 is 18.2 Å². The number of likely N-dealkylation sites (tertiary alicyclic amines) is 1. The second-order valence-corrected chi connectivity index (χ2v) is 5.40. The summed E-state index contributed by atoms with van der Waals surface area (Å²) in [6.07, 6.45) is 1.97. The predicted octanol–water partition coefficient (Wildman–Crippen LogP) is -0.175. The number of piperidine rings is 1. The van der Waals surface area contributed by atoms with Crippen LogP contribution in [-0.4, -0.2) is 54.2 Å². The summed E-state index contributed by atoms with van der Waals surface area (Å²) in [6, 6.07) is 0. The van der Waals surface area contributed by atoms with Gasteiger partial charge in [-0.1, -0.05) is 13.8 Å². The fraction of sp³-hybridized carbons (Fsp3) is 0.769. The number of amides is 3. The molecule has 1 fully saturated rings. The van der Waals surface area contributed by atoms with Crippen LogP contribution >= 0.6 is 0 Å². The molecule has 6 nitrogen and oxygen atoms in total. The van der Waals surface area contributed by atoms with Crippen molar-refractivity contribution in [2.75, 3.05) is 26.2 Å². The zero-order chi connectivity index (χ0) is 14.4. The quantitative estimate of drug-likeness (QED) is 0.567. The van der Waals surface area contributed by atoms with Crippen LogP contribution in [-0.2, 0) is 14.4 Å². The van der Waals surface area contributed by atoms with Gasteiger partial charge in [0, 0.05) is 19.6 Å². The molecule has 1 aliphatic heterocycles. The van der Waals surface area contributed by atoms with E-state index in [4.69, 9.17) is 5.73 Å². The maximum Gasteiger partial charge on any atom is 0.318 e. The molecule has 1 rings (SSSR count). The number of nitrogens with two attached hydrogens (primary N) is 1. The van der Waals surface area contributed by atoms with E-state index in [-0.39, 0.29) is 6.54 Å². The molecule has 2 N–H and O–H groups in total. The molecule has 0 aromatic carbocycles. The average Bonchev–Trinajstić information content (AvgIpc) is 2.37. The van der Waals surface area contributed by atoms with Crippen molar-refractivity contribution in [3.05, 3.63) is 0 Å². The van der Waals surface area contributed by atoms with Crippen molar-refractivity contribution in [1.82, 2.24) is 9.80 Å². The van der Waals surface area contributed by atoms with Gasteiger partial charge in [-0.3, -0.25) is 19.3 Å². The van der Waals surface area contributed by atoms with E-state index >= 15 is 0 Å². The van der Waals surface area contributed by atoms with Crippen molar-refractivity contribution in [2.45, 2.75) is 26.7 Å². The Kier molecular flexibility index (Phi) is 5.95. The number of carbonyl (C=O) groups excluding carboxylic acids is 3. The van der Waals surface area contributed by atoms with E-state index in [1.165, 1.54) is 0 Å². The van der Waals surface area contributed by atoms with Crippen LogP contribution in [0.4, 0.5) is 0 Å². The van der Waals surface area contributed by atoms with Crippen molar-refractivity contribution in [3.8, 4) is 0 Å². The maximum absolute atomic E-state index is 12.1. The van der Waals surface area contributed by atoms with Gasteiger partial charge in [0.15, 0.2) is 0 Å². The van der Waals surface area contributed by atoms with Gasteiger partial charge < -0.3 is 10.6 Å². The minimum atomic E-state index is -0.746. The summed E-state index contributed by atoms with van der Waals surface area (Å²) >= 11 is 0. The summed E-state index contributed by atoms with van der Waals surface area (Å²) in [7, 11) is 0. The van der Waals surface area contributed by atoms with E-state index in [1.807, 2.05) is 0 Å². The van der Waals surface area contributed by atoms with Gasteiger partial charge in [-0.05, 0) is 31.2 Å². The van der Waals surface area contributed by atoms with E-state index in [0.717, 1.165) is 11.3 Å². The molecule has 0 saturated carbocycles. The molecule has 108 valence electrons. The Morgan fingerprint density at radius 3 is 2.37 bits per heavy atom. The standard InChI is InChI=1S/C13H23N3O3/c1-10-6-11(2)8-16(7-10)13(19)12(18)15(9-17)5-3-4-14/h9-11H,3-8,14H2,1-2H3. The highest BCUT2D eigenvalue weighted by Crippen LogP contribution is 2.21. The monoisotopic (exact) mass is 269 g/mol. The molecule has 2 unspecified atom stereocenters. The first-order chi connectivity index (χ1) is 8.99. The summed E-state index contributed by atoms with van der Waals surface area (Å²) in [5.41, 5.74) is 5.34. The number of hydrogen-bond acceptors (Lipinski definition) is 4. The van der Waals surface area contributed by atoms with E-state index in [2.05, 4.69) is 13.8 Å². The minimum Gasteiger partial charge on any atom is -0.334 e. The van der Waals surface area contributed by atoms with Gasteiger partial charge in [0.25, 0.3) is 0 Å². The van der Waals surface area contributed by atoms with Gasteiger partial charge in [-0.2, -0.15) is 0 Å². The lowest BCUT2D eigenvalue weighted by Crippen LogP contribution is -2.50. The summed E-state index contributed by atoms with van der Waals surface area (Å²) in [4.78, 5) is 37.4. The molecule has 19 heavy (non-hydrogen) atoms. The van der Waals surface area contributed by atoms with Crippen LogP contribution in [0.15, 0.2) is 0 Å². The van der Waals surface area contributed by atoms with Crippen molar-refractivity contribution in [1.29, 1.82) is 0 Å². The molecule has 1 saturated heterocycles. The SMILES string of the molecule is CC1CC(C)CN(C(=O)C(=O)N(C=O)CCCN)C1. The molecule has 0 bridgehead atoms. The molecular formula is C13H23N3O3. The molecule has 3 amide bonds.